The minimum Gasteiger partial charge on any atom is -0.385 e. The fraction of sp³-hybridized carbons (Fsp3) is 0.375. The van der Waals surface area contributed by atoms with E-state index in [4.69, 9.17) is 0 Å². The first-order chi connectivity index (χ1) is 10.1. The van der Waals surface area contributed by atoms with Crippen LogP contribution in [0.2, 0.25) is 0 Å². The Labute approximate surface area is 123 Å². The van der Waals surface area contributed by atoms with Crippen LogP contribution in [0.15, 0.2) is 36.7 Å². The average Bonchev–Trinajstić information content (AvgIpc) is 2.50. The molecule has 1 fully saturated rings. The maximum atomic E-state index is 13.0. The van der Waals surface area contributed by atoms with Crippen LogP contribution in [0.5, 0.6) is 0 Å². The molecule has 3 rings (SSSR count). The second-order valence-corrected chi connectivity index (χ2v) is 5.59. The summed E-state index contributed by atoms with van der Waals surface area (Å²) in [6.45, 7) is 3.31. The Bertz CT molecular complexity index is 604. The third-order valence-electron chi connectivity index (χ3n) is 4.02. The molecule has 0 atom stereocenters. The second kappa shape index (κ2) is 5.41. The average molecular weight is 287 g/mol. The van der Waals surface area contributed by atoms with Crippen molar-refractivity contribution in [3.05, 3.63) is 53.6 Å². The lowest BCUT2D eigenvalue weighted by atomic mass is 9.84. The highest BCUT2D eigenvalue weighted by Gasteiger charge is 2.34. The number of rotatable bonds is 2. The van der Waals surface area contributed by atoms with Gasteiger partial charge in [0.2, 0.25) is 5.95 Å². The minimum absolute atomic E-state index is 0.284. The highest BCUT2D eigenvalue weighted by atomic mass is 19.1. The van der Waals surface area contributed by atoms with Crippen molar-refractivity contribution in [1.29, 1.82) is 0 Å². The van der Waals surface area contributed by atoms with Crippen molar-refractivity contribution in [3.63, 3.8) is 0 Å². The highest BCUT2D eigenvalue weighted by molar-refractivity contribution is 5.33. The molecule has 1 aliphatic heterocycles. The molecule has 21 heavy (non-hydrogen) atoms. The number of hydrogen-bond donors (Lipinski definition) is 1. The molecule has 0 radical (unpaired) electrons. The van der Waals surface area contributed by atoms with E-state index in [0.29, 0.717) is 31.9 Å². The molecule has 0 aliphatic carbocycles. The van der Waals surface area contributed by atoms with Crippen molar-refractivity contribution < 1.29 is 9.50 Å². The third kappa shape index (κ3) is 2.88. The van der Waals surface area contributed by atoms with Crippen LogP contribution in [-0.2, 0) is 5.60 Å². The van der Waals surface area contributed by atoms with E-state index >= 15 is 0 Å². The van der Waals surface area contributed by atoms with Gasteiger partial charge >= 0.3 is 0 Å². The van der Waals surface area contributed by atoms with Gasteiger partial charge in [-0.15, -0.1) is 0 Å². The summed E-state index contributed by atoms with van der Waals surface area (Å²) in [7, 11) is 0. The number of anilines is 1. The fourth-order valence-electron chi connectivity index (χ4n) is 2.67. The van der Waals surface area contributed by atoms with Gasteiger partial charge in [-0.05, 0) is 43.0 Å². The van der Waals surface area contributed by atoms with Crippen molar-refractivity contribution in [1.82, 2.24) is 9.97 Å². The first-order valence-electron chi connectivity index (χ1n) is 7.09. The van der Waals surface area contributed by atoms with Gasteiger partial charge < -0.3 is 10.0 Å². The molecule has 1 aromatic heterocycles. The first-order valence-corrected chi connectivity index (χ1v) is 7.09. The van der Waals surface area contributed by atoms with E-state index in [1.54, 1.807) is 24.5 Å². The van der Waals surface area contributed by atoms with Crippen molar-refractivity contribution in [2.45, 2.75) is 25.4 Å². The van der Waals surface area contributed by atoms with E-state index in [1.165, 1.54) is 12.1 Å². The van der Waals surface area contributed by atoms with Crippen molar-refractivity contribution >= 4 is 5.95 Å². The zero-order valence-corrected chi connectivity index (χ0v) is 12.0. The molecule has 0 unspecified atom stereocenters. The van der Waals surface area contributed by atoms with Crippen molar-refractivity contribution in [2.24, 2.45) is 0 Å². The molecule has 1 aromatic carbocycles. The summed E-state index contributed by atoms with van der Waals surface area (Å²) in [6.07, 6.45) is 4.75. The number of piperidine rings is 1. The summed E-state index contributed by atoms with van der Waals surface area (Å²) in [5.41, 5.74) is 0.904. The van der Waals surface area contributed by atoms with Gasteiger partial charge in [0, 0.05) is 25.5 Å². The zero-order valence-electron chi connectivity index (χ0n) is 12.0. The Kier molecular flexibility index (Phi) is 3.59. The lowest BCUT2D eigenvalue weighted by Gasteiger charge is -2.38. The van der Waals surface area contributed by atoms with E-state index in [9.17, 15) is 9.50 Å². The van der Waals surface area contributed by atoms with Gasteiger partial charge in [0.1, 0.15) is 5.82 Å². The third-order valence-corrected chi connectivity index (χ3v) is 4.02. The largest absolute Gasteiger partial charge is 0.385 e. The van der Waals surface area contributed by atoms with E-state index < -0.39 is 5.60 Å². The number of nitrogens with zero attached hydrogens (tertiary/aromatic N) is 3. The number of aliphatic hydroxyl groups is 1. The summed E-state index contributed by atoms with van der Waals surface area (Å²) < 4.78 is 13.0. The van der Waals surface area contributed by atoms with E-state index in [0.717, 1.165) is 11.1 Å². The number of hydrogen-bond acceptors (Lipinski definition) is 4. The lowest BCUT2D eigenvalue weighted by molar-refractivity contribution is 0.0115. The molecule has 1 saturated heterocycles. The Morgan fingerprint density at radius 3 is 2.24 bits per heavy atom. The van der Waals surface area contributed by atoms with Crippen molar-refractivity contribution in [2.75, 3.05) is 18.0 Å². The summed E-state index contributed by atoms with van der Waals surface area (Å²) >= 11 is 0. The van der Waals surface area contributed by atoms with Crippen molar-refractivity contribution in [3.8, 4) is 0 Å². The highest BCUT2D eigenvalue weighted by Crippen LogP contribution is 2.33. The molecule has 110 valence electrons. The maximum absolute atomic E-state index is 13.0. The molecular weight excluding hydrogens is 269 g/mol. The first kappa shape index (κ1) is 13.9. The van der Waals surface area contributed by atoms with Gasteiger partial charge in [-0.1, -0.05) is 12.1 Å². The van der Waals surface area contributed by atoms with Crippen LogP contribution in [0.4, 0.5) is 10.3 Å². The van der Waals surface area contributed by atoms with E-state index in [-0.39, 0.29) is 5.82 Å². The van der Waals surface area contributed by atoms with Gasteiger partial charge in [-0.25, -0.2) is 14.4 Å². The predicted octanol–water partition coefficient (Wildman–Crippen LogP) is 2.41. The molecule has 0 saturated carbocycles. The van der Waals surface area contributed by atoms with Crippen LogP contribution in [-0.4, -0.2) is 28.2 Å². The smallest absolute Gasteiger partial charge is 0.225 e. The summed E-state index contributed by atoms with van der Waals surface area (Å²) in [6, 6.07) is 6.10. The standard InChI is InChI=1S/C16H18FN3O/c1-12-10-18-15(19-11-12)20-8-6-16(21,7-9-20)13-2-4-14(17)5-3-13/h2-5,10-11,21H,6-9H2,1H3. The molecule has 0 bridgehead atoms. The normalized spacial score (nSPS) is 17.8. The number of aryl methyl sites for hydroxylation is 1. The number of halogens is 1. The minimum atomic E-state index is -0.894. The van der Waals surface area contributed by atoms with Gasteiger partial charge in [-0.3, -0.25) is 0 Å². The van der Waals surface area contributed by atoms with Crippen LogP contribution in [0, 0.1) is 12.7 Å². The monoisotopic (exact) mass is 287 g/mol. The molecule has 0 spiro atoms. The Morgan fingerprint density at radius 2 is 1.67 bits per heavy atom. The van der Waals surface area contributed by atoms with E-state index in [1.807, 2.05) is 6.92 Å². The van der Waals surface area contributed by atoms with Gasteiger partial charge in [0.25, 0.3) is 0 Å². The fourth-order valence-corrected chi connectivity index (χ4v) is 2.67. The van der Waals surface area contributed by atoms with Gasteiger partial charge in [-0.2, -0.15) is 0 Å². The quantitative estimate of drug-likeness (QED) is 0.921. The van der Waals surface area contributed by atoms with Gasteiger partial charge in [0.15, 0.2) is 0 Å². The molecule has 2 heterocycles. The zero-order chi connectivity index (χ0) is 14.9. The molecule has 1 aliphatic rings. The summed E-state index contributed by atoms with van der Waals surface area (Å²) in [4.78, 5) is 10.7. The topological polar surface area (TPSA) is 49.2 Å². The SMILES string of the molecule is Cc1cnc(N2CCC(O)(c3ccc(F)cc3)CC2)nc1. The van der Waals surface area contributed by atoms with Gasteiger partial charge in [0.05, 0.1) is 5.60 Å². The summed E-state index contributed by atoms with van der Waals surface area (Å²) in [5, 5.41) is 10.8. The molecule has 2 aromatic rings. The van der Waals surface area contributed by atoms with E-state index in [2.05, 4.69) is 14.9 Å². The van der Waals surface area contributed by atoms with Crippen LogP contribution < -0.4 is 4.90 Å². The predicted molar refractivity (Wildman–Crippen MR) is 78.5 cm³/mol. The lowest BCUT2D eigenvalue weighted by Crippen LogP contribution is -2.43. The van der Waals surface area contributed by atoms with Crippen LogP contribution in [0.3, 0.4) is 0 Å². The molecule has 1 N–H and O–H groups in total. The Hall–Kier alpha value is -2.01. The molecule has 0 amide bonds. The number of aromatic nitrogens is 2. The summed E-state index contributed by atoms with van der Waals surface area (Å²) in [5.74, 6) is 0.412. The van der Waals surface area contributed by atoms with Crippen LogP contribution in [0.1, 0.15) is 24.0 Å². The number of benzene rings is 1. The molecule has 4 nitrogen and oxygen atoms in total. The van der Waals surface area contributed by atoms with Crippen LogP contribution >= 0.6 is 0 Å². The Morgan fingerprint density at radius 1 is 1.10 bits per heavy atom. The maximum Gasteiger partial charge on any atom is 0.225 e. The second-order valence-electron chi connectivity index (χ2n) is 5.59. The molecule has 5 heteroatoms. The molecular formula is C16H18FN3O. The van der Waals surface area contributed by atoms with Crippen LogP contribution in [0.25, 0.3) is 0 Å². The Balaban J connectivity index is 1.72.